The summed E-state index contributed by atoms with van der Waals surface area (Å²) >= 11 is 0. The summed E-state index contributed by atoms with van der Waals surface area (Å²) < 4.78 is 32.9. The molecule has 1 amide bonds. The van der Waals surface area contributed by atoms with Gasteiger partial charge in [-0.15, -0.1) is 6.58 Å². The van der Waals surface area contributed by atoms with Crippen LogP contribution < -0.4 is 9.47 Å². The molecular formula is C53H67N3O12. The highest BCUT2D eigenvalue weighted by molar-refractivity contribution is 6.03. The van der Waals surface area contributed by atoms with Crippen LogP contribution in [0.5, 0.6) is 17.2 Å². The summed E-state index contributed by atoms with van der Waals surface area (Å²) in [5, 5.41) is 46.0. The molecule has 0 aromatic heterocycles. The number of allylic oxidation sites excluding steroid dienone is 1. The predicted molar refractivity (Wildman–Crippen MR) is 257 cm³/mol. The van der Waals surface area contributed by atoms with Gasteiger partial charge in [-0.25, -0.2) is 0 Å². The number of aryl methyl sites for hydroxylation is 2. The van der Waals surface area contributed by atoms with Crippen molar-refractivity contribution in [2.24, 2.45) is 22.9 Å². The number of carbonyl (C=O) groups excluding carboxylic acids is 1. The molecule has 3 aromatic rings. The molecule has 1 saturated heterocycles. The third-order valence-electron chi connectivity index (χ3n) is 13.7. The first-order valence-corrected chi connectivity index (χ1v) is 24.1. The molecule has 2 aliphatic heterocycles. The number of benzene rings is 3. The van der Waals surface area contributed by atoms with Crippen LogP contribution in [0.4, 0.5) is 5.69 Å². The number of amides is 1. The Balaban J connectivity index is 1.43. The minimum atomic E-state index is -1.53. The van der Waals surface area contributed by atoms with E-state index in [1.807, 2.05) is 30.3 Å². The zero-order chi connectivity index (χ0) is 48.0. The van der Waals surface area contributed by atoms with Gasteiger partial charge in [-0.05, 0) is 135 Å². The van der Waals surface area contributed by atoms with Gasteiger partial charge >= 0.3 is 0 Å². The third-order valence-corrected chi connectivity index (χ3v) is 13.7. The first-order valence-electron chi connectivity index (χ1n) is 24.1. The Bertz CT molecular complexity index is 2270. The molecule has 2 heterocycles. The number of oxime groups is 1. The van der Waals surface area contributed by atoms with Gasteiger partial charge in [-0.3, -0.25) is 14.9 Å². The molecule has 0 spiro atoms. The van der Waals surface area contributed by atoms with Gasteiger partial charge in [0.15, 0.2) is 0 Å². The van der Waals surface area contributed by atoms with Gasteiger partial charge in [-0.1, -0.05) is 36.2 Å². The largest absolute Gasteiger partial charge is 0.459 e. The summed E-state index contributed by atoms with van der Waals surface area (Å²) in [5.41, 5.74) is 5.21. The van der Waals surface area contributed by atoms with E-state index in [9.17, 15) is 30.2 Å². The standard InChI is InChI=1S/C53H67N3O12/c1-4-28-65-53-48(55(24-30-63-31-27-59)49(60)23-17-38-15-18-40(19-16-38)56(61)62)35-46(54-68-50-13-7-10-29-64-50)44-33-39(11-5-8-25-57)43(12-6-9-26-58)51(52(44)53)45-34-42(21-22-47(45)67-53)66-41-20-14-36(2)37(3)32-41/h4,14-23,32-34,39,43,48,50-52,57-59H,1,5-13,24-31,35H2,2-3H3. The summed E-state index contributed by atoms with van der Waals surface area (Å²) in [4.78, 5) is 33.9. The van der Waals surface area contributed by atoms with E-state index in [-0.39, 0.29) is 76.0 Å². The number of ether oxygens (including phenoxy) is 5. The van der Waals surface area contributed by atoms with Crippen molar-refractivity contribution in [1.82, 2.24) is 4.90 Å². The van der Waals surface area contributed by atoms with Crippen LogP contribution in [-0.2, 0) is 23.8 Å². The van der Waals surface area contributed by atoms with Gasteiger partial charge in [0.25, 0.3) is 5.69 Å². The van der Waals surface area contributed by atoms with Crippen molar-refractivity contribution < 1.29 is 53.6 Å². The highest BCUT2D eigenvalue weighted by Gasteiger charge is 2.65. The van der Waals surface area contributed by atoms with E-state index in [0.29, 0.717) is 54.4 Å². The number of carbonyl (C=O) groups is 1. The van der Waals surface area contributed by atoms with Crippen molar-refractivity contribution in [3.8, 4) is 17.2 Å². The highest BCUT2D eigenvalue weighted by atomic mass is 16.8. The second-order valence-corrected chi connectivity index (χ2v) is 18.1. The second kappa shape index (κ2) is 24.2. The summed E-state index contributed by atoms with van der Waals surface area (Å²) in [6.07, 6.45) is 13.5. The summed E-state index contributed by atoms with van der Waals surface area (Å²) in [7, 11) is 0. The van der Waals surface area contributed by atoms with Crippen LogP contribution in [0.15, 0.2) is 96.2 Å². The van der Waals surface area contributed by atoms with Crippen molar-refractivity contribution in [2.45, 2.75) is 102 Å². The van der Waals surface area contributed by atoms with Crippen molar-refractivity contribution in [1.29, 1.82) is 0 Å². The quantitative estimate of drug-likeness (QED) is 0.0255. The van der Waals surface area contributed by atoms with Gasteiger partial charge in [0.2, 0.25) is 18.0 Å². The molecule has 1 saturated carbocycles. The number of rotatable bonds is 24. The summed E-state index contributed by atoms with van der Waals surface area (Å²) in [6.45, 7) is 8.93. The average molecular weight is 938 g/mol. The number of fused-ring (bicyclic) bond motifs is 2. The minimum Gasteiger partial charge on any atom is -0.459 e. The molecule has 3 aromatic carbocycles. The molecule has 7 rings (SSSR count). The van der Waals surface area contributed by atoms with Crippen LogP contribution in [0.2, 0.25) is 0 Å². The third kappa shape index (κ3) is 11.9. The Morgan fingerprint density at radius 3 is 2.43 bits per heavy atom. The number of aliphatic hydroxyl groups is 3. The fraction of sp³-hybridized carbons (Fsp3) is 0.509. The Kier molecular flexibility index (Phi) is 18.0. The molecule has 3 N–H and O–H groups in total. The summed E-state index contributed by atoms with van der Waals surface area (Å²) in [6, 6.07) is 17.0. The highest BCUT2D eigenvalue weighted by Crippen LogP contribution is 2.62. The molecule has 4 aliphatic rings. The second-order valence-electron chi connectivity index (χ2n) is 18.1. The lowest BCUT2D eigenvalue weighted by Crippen LogP contribution is -2.70. The van der Waals surface area contributed by atoms with E-state index in [2.05, 4.69) is 32.6 Å². The minimum absolute atomic E-state index is 0.0121. The van der Waals surface area contributed by atoms with Crippen molar-refractivity contribution in [3.05, 3.63) is 123 Å². The lowest BCUT2D eigenvalue weighted by Gasteiger charge is -2.60. The SMILES string of the molecule is C=CCOC12Oc3ccc(Oc4ccc(C)c(C)c4)cc3C3C(CCCCO)C(CCCCO)C=C(C(=NOC4CCCCO4)CC1N(CCOCCO)C(=O)C=Cc1ccc([N+](=O)[O-])cc1)C32. The van der Waals surface area contributed by atoms with Gasteiger partial charge in [0.05, 0.1) is 49.6 Å². The number of non-ortho nitro benzene ring substituents is 1. The smallest absolute Gasteiger partial charge is 0.269 e. The van der Waals surface area contributed by atoms with Gasteiger partial charge in [-0.2, -0.15) is 0 Å². The van der Waals surface area contributed by atoms with Crippen molar-refractivity contribution in [2.75, 3.05) is 52.8 Å². The number of aliphatic hydroxyl groups excluding tert-OH is 3. The Morgan fingerprint density at radius 1 is 0.956 bits per heavy atom. The molecule has 0 bridgehead atoms. The van der Waals surface area contributed by atoms with Gasteiger partial charge in [0, 0.05) is 62.3 Å². The zero-order valence-corrected chi connectivity index (χ0v) is 39.3. The van der Waals surface area contributed by atoms with Crippen LogP contribution in [0.1, 0.15) is 92.4 Å². The van der Waals surface area contributed by atoms with Crippen molar-refractivity contribution in [3.63, 3.8) is 0 Å². The molecule has 0 radical (unpaired) electrons. The molecule has 2 aliphatic carbocycles. The van der Waals surface area contributed by atoms with Crippen LogP contribution in [0, 0.1) is 41.7 Å². The van der Waals surface area contributed by atoms with Gasteiger partial charge < -0.3 is 48.7 Å². The Labute approximate surface area is 399 Å². The van der Waals surface area contributed by atoms with E-state index in [1.54, 1.807) is 29.2 Å². The molecule has 68 heavy (non-hydrogen) atoms. The van der Waals surface area contributed by atoms with Crippen LogP contribution in [0.3, 0.4) is 0 Å². The normalized spacial score (nSPS) is 24.7. The maximum atomic E-state index is 15.0. The predicted octanol–water partition coefficient (Wildman–Crippen LogP) is 8.72. The topological polar surface area (TPSA) is 192 Å². The van der Waals surface area contributed by atoms with E-state index < -0.39 is 34.9 Å². The number of nitrogens with zero attached hydrogens (tertiary/aromatic N) is 3. The number of nitro groups is 1. The van der Waals surface area contributed by atoms with E-state index in [1.165, 1.54) is 18.2 Å². The first-order chi connectivity index (χ1) is 33.1. The lowest BCUT2D eigenvalue weighted by molar-refractivity contribution is -0.384. The fourth-order valence-electron chi connectivity index (χ4n) is 10.3. The van der Waals surface area contributed by atoms with Gasteiger partial charge in [0.1, 0.15) is 23.3 Å². The molecule has 7 unspecified atom stereocenters. The van der Waals surface area contributed by atoms with E-state index >= 15 is 0 Å². The Hall–Kier alpha value is -5.42. The molecule has 15 nitrogen and oxygen atoms in total. The van der Waals surface area contributed by atoms with Crippen molar-refractivity contribution >= 4 is 23.4 Å². The first kappa shape index (κ1) is 50.5. The molecule has 15 heteroatoms. The van der Waals surface area contributed by atoms with E-state index in [0.717, 1.165) is 60.8 Å². The van der Waals surface area contributed by atoms with Crippen LogP contribution in [0.25, 0.3) is 6.08 Å². The van der Waals surface area contributed by atoms with Crippen LogP contribution >= 0.6 is 0 Å². The number of nitro benzene ring substituents is 1. The maximum Gasteiger partial charge on any atom is 0.269 e. The lowest BCUT2D eigenvalue weighted by atomic mass is 9.55. The Morgan fingerprint density at radius 2 is 1.72 bits per heavy atom. The molecule has 7 atom stereocenters. The van der Waals surface area contributed by atoms with Crippen LogP contribution in [-0.4, -0.2) is 108 Å². The number of hydrogen-bond donors (Lipinski definition) is 3. The zero-order valence-electron chi connectivity index (χ0n) is 39.3. The summed E-state index contributed by atoms with van der Waals surface area (Å²) in [5.74, 6) is -0.875. The monoisotopic (exact) mass is 937 g/mol. The number of unbranched alkanes of at least 4 members (excludes halogenated alkanes) is 2. The fourth-order valence-corrected chi connectivity index (χ4v) is 10.3. The molecular weight excluding hydrogens is 871 g/mol. The molecule has 2 fully saturated rings. The number of hydrogen-bond acceptors (Lipinski definition) is 13. The van der Waals surface area contributed by atoms with E-state index in [4.69, 9.17) is 33.7 Å². The molecule has 366 valence electrons. The maximum absolute atomic E-state index is 15.0. The average Bonchev–Trinajstić information content (AvgIpc) is 3.35.